The summed E-state index contributed by atoms with van der Waals surface area (Å²) in [5.41, 5.74) is 0. The smallest absolute Gasteiger partial charge is 0.326 e. The third-order valence-electron chi connectivity index (χ3n) is 3.00. The van der Waals surface area contributed by atoms with E-state index in [1.165, 1.54) is 7.05 Å². The molecule has 8 heteroatoms. The Kier molecular flexibility index (Phi) is 4.85. The number of carbonyl (C=O) groups excluding carboxylic acids is 3. The van der Waals surface area contributed by atoms with Gasteiger partial charge in [-0.1, -0.05) is 6.92 Å². The first kappa shape index (κ1) is 14.9. The van der Waals surface area contributed by atoms with Crippen LogP contribution in [-0.2, 0) is 14.4 Å². The molecule has 1 aliphatic rings. The predicted molar refractivity (Wildman–Crippen MR) is 64.2 cm³/mol. The highest BCUT2D eigenvalue weighted by molar-refractivity contribution is 6.01. The van der Waals surface area contributed by atoms with Gasteiger partial charge in [0.25, 0.3) is 0 Å². The number of amides is 4. The van der Waals surface area contributed by atoms with Crippen LogP contribution < -0.4 is 10.6 Å². The summed E-state index contributed by atoms with van der Waals surface area (Å²) in [5.74, 6) is -2.05. The summed E-state index contributed by atoms with van der Waals surface area (Å²) in [6, 6.07) is -2.41. The van der Waals surface area contributed by atoms with Crippen LogP contribution in [0, 0.1) is 0 Å². The maximum atomic E-state index is 11.8. The van der Waals surface area contributed by atoms with E-state index in [0.29, 0.717) is 0 Å². The standard InChI is InChI=1S/C11H17N3O5/c1-3-7(10(17)18)14(2)11(19)12-6-4-5-8(15)13-9(6)16/h6-7H,3-5H2,1-2H3,(H,12,19)(H,17,18)(H,13,15,16). The molecule has 2 atom stereocenters. The van der Waals surface area contributed by atoms with E-state index in [1.54, 1.807) is 6.92 Å². The molecule has 1 saturated heterocycles. The second-order valence-electron chi connectivity index (χ2n) is 4.33. The zero-order chi connectivity index (χ0) is 14.6. The number of carboxylic acids is 1. The van der Waals surface area contributed by atoms with Gasteiger partial charge in [-0.25, -0.2) is 9.59 Å². The molecule has 4 amide bonds. The maximum Gasteiger partial charge on any atom is 0.326 e. The molecular formula is C11H17N3O5. The lowest BCUT2D eigenvalue weighted by Crippen LogP contribution is -2.56. The van der Waals surface area contributed by atoms with Crippen molar-refractivity contribution in [3.8, 4) is 0 Å². The lowest BCUT2D eigenvalue weighted by molar-refractivity contribution is -0.141. The quantitative estimate of drug-likeness (QED) is 0.584. The highest BCUT2D eigenvalue weighted by atomic mass is 16.4. The number of aliphatic carboxylic acids is 1. The fourth-order valence-corrected chi connectivity index (χ4v) is 1.84. The van der Waals surface area contributed by atoms with Crippen LogP contribution in [0.3, 0.4) is 0 Å². The van der Waals surface area contributed by atoms with Crippen molar-refractivity contribution in [2.75, 3.05) is 7.05 Å². The fourth-order valence-electron chi connectivity index (χ4n) is 1.84. The Balaban J connectivity index is 2.61. The van der Waals surface area contributed by atoms with E-state index in [0.717, 1.165) is 4.90 Å². The second kappa shape index (κ2) is 6.17. The molecule has 2 unspecified atom stereocenters. The SMILES string of the molecule is CCC(C(=O)O)N(C)C(=O)NC1CCC(=O)NC1=O. The Bertz CT molecular complexity index is 409. The molecule has 3 N–H and O–H groups in total. The van der Waals surface area contributed by atoms with E-state index in [9.17, 15) is 19.2 Å². The molecule has 8 nitrogen and oxygen atoms in total. The molecule has 1 rings (SSSR count). The van der Waals surface area contributed by atoms with Crippen LogP contribution in [0.2, 0.25) is 0 Å². The number of rotatable bonds is 4. The minimum absolute atomic E-state index is 0.149. The summed E-state index contributed by atoms with van der Waals surface area (Å²) in [6.07, 6.45) is 0.624. The lowest BCUT2D eigenvalue weighted by atomic mass is 10.1. The van der Waals surface area contributed by atoms with Crippen molar-refractivity contribution in [2.45, 2.75) is 38.3 Å². The van der Waals surface area contributed by atoms with Crippen LogP contribution >= 0.6 is 0 Å². The van der Waals surface area contributed by atoms with Gasteiger partial charge in [0, 0.05) is 13.5 Å². The number of piperidine rings is 1. The highest BCUT2D eigenvalue weighted by Gasteiger charge is 2.31. The van der Waals surface area contributed by atoms with Gasteiger partial charge in [0.2, 0.25) is 11.8 Å². The fraction of sp³-hybridized carbons (Fsp3) is 0.636. The Morgan fingerprint density at radius 3 is 2.63 bits per heavy atom. The van der Waals surface area contributed by atoms with Gasteiger partial charge in [0.1, 0.15) is 12.1 Å². The molecule has 106 valence electrons. The number of hydrogen-bond acceptors (Lipinski definition) is 4. The number of carboxylic acid groups (broad SMARTS) is 1. The number of hydrogen-bond donors (Lipinski definition) is 3. The number of urea groups is 1. The predicted octanol–water partition coefficient (Wildman–Crippen LogP) is -0.704. The largest absolute Gasteiger partial charge is 0.480 e. The van der Waals surface area contributed by atoms with Crippen LogP contribution in [0.15, 0.2) is 0 Å². The molecular weight excluding hydrogens is 254 g/mol. The average Bonchev–Trinajstić information content (AvgIpc) is 2.32. The van der Waals surface area contributed by atoms with Crippen molar-refractivity contribution < 1.29 is 24.3 Å². The summed E-state index contributed by atoms with van der Waals surface area (Å²) >= 11 is 0. The number of imide groups is 1. The minimum Gasteiger partial charge on any atom is -0.480 e. The van der Waals surface area contributed by atoms with Gasteiger partial charge in [0.15, 0.2) is 0 Å². The summed E-state index contributed by atoms with van der Waals surface area (Å²) in [4.78, 5) is 46.2. The van der Waals surface area contributed by atoms with Gasteiger partial charge in [-0.2, -0.15) is 0 Å². The Labute approximate surface area is 110 Å². The molecule has 0 spiro atoms. The van der Waals surface area contributed by atoms with Crippen molar-refractivity contribution in [1.29, 1.82) is 0 Å². The molecule has 0 aliphatic carbocycles. The first-order chi connectivity index (χ1) is 8.86. The van der Waals surface area contributed by atoms with Crippen LogP contribution in [0.25, 0.3) is 0 Å². The third kappa shape index (κ3) is 3.67. The normalized spacial score (nSPS) is 20.4. The van der Waals surface area contributed by atoms with Crippen LogP contribution in [0.4, 0.5) is 4.79 Å². The van der Waals surface area contributed by atoms with E-state index >= 15 is 0 Å². The topological polar surface area (TPSA) is 116 Å². The summed E-state index contributed by atoms with van der Waals surface area (Å²) in [5, 5.41) is 13.5. The Hall–Kier alpha value is -2.12. The molecule has 1 fully saturated rings. The van der Waals surface area contributed by atoms with E-state index in [1.807, 2.05) is 0 Å². The number of nitrogens with zero attached hydrogens (tertiary/aromatic N) is 1. The van der Waals surface area contributed by atoms with Crippen molar-refractivity contribution >= 4 is 23.8 Å². The van der Waals surface area contributed by atoms with Gasteiger partial charge in [-0.05, 0) is 12.8 Å². The molecule has 0 saturated carbocycles. The Morgan fingerprint density at radius 2 is 2.16 bits per heavy atom. The molecule has 0 aromatic carbocycles. The van der Waals surface area contributed by atoms with Gasteiger partial charge in [0.05, 0.1) is 0 Å². The second-order valence-corrected chi connectivity index (χ2v) is 4.33. The molecule has 0 aromatic heterocycles. The molecule has 1 heterocycles. The molecule has 1 aliphatic heterocycles. The van der Waals surface area contributed by atoms with Crippen molar-refractivity contribution in [3.05, 3.63) is 0 Å². The number of carbonyl (C=O) groups is 4. The lowest BCUT2D eigenvalue weighted by Gasteiger charge is -2.28. The van der Waals surface area contributed by atoms with Crippen LogP contribution in [-0.4, -0.2) is 53.0 Å². The minimum atomic E-state index is -1.11. The monoisotopic (exact) mass is 271 g/mol. The molecule has 0 radical (unpaired) electrons. The van der Waals surface area contributed by atoms with Gasteiger partial charge in [-0.15, -0.1) is 0 Å². The van der Waals surface area contributed by atoms with E-state index < -0.39 is 30.0 Å². The first-order valence-electron chi connectivity index (χ1n) is 5.96. The van der Waals surface area contributed by atoms with Crippen molar-refractivity contribution in [1.82, 2.24) is 15.5 Å². The highest BCUT2D eigenvalue weighted by Crippen LogP contribution is 2.07. The number of nitrogens with one attached hydrogen (secondary N) is 2. The van der Waals surface area contributed by atoms with E-state index in [-0.39, 0.29) is 25.2 Å². The maximum absolute atomic E-state index is 11.8. The molecule has 0 bridgehead atoms. The molecule has 0 aromatic rings. The molecule has 19 heavy (non-hydrogen) atoms. The zero-order valence-corrected chi connectivity index (χ0v) is 10.8. The van der Waals surface area contributed by atoms with Crippen LogP contribution in [0.1, 0.15) is 26.2 Å². The third-order valence-corrected chi connectivity index (χ3v) is 3.00. The number of likely N-dealkylation sites (N-methyl/N-ethyl adjacent to an activating group) is 1. The van der Waals surface area contributed by atoms with Gasteiger partial charge in [-0.3, -0.25) is 14.9 Å². The van der Waals surface area contributed by atoms with Gasteiger partial charge >= 0.3 is 12.0 Å². The van der Waals surface area contributed by atoms with Crippen molar-refractivity contribution in [3.63, 3.8) is 0 Å². The summed E-state index contributed by atoms with van der Waals surface area (Å²) < 4.78 is 0. The van der Waals surface area contributed by atoms with Crippen LogP contribution in [0.5, 0.6) is 0 Å². The van der Waals surface area contributed by atoms with Gasteiger partial charge < -0.3 is 15.3 Å². The Morgan fingerprint density at radius 1 is 1.53 bits per heavy atom. The average molecular weight is 271 g/mol. The summed E-state index contributed by atoms with van der Waals surface area (Å²) in [7, 11) is 1.35. The summed E-state index contributed by atoms with van der Waals surface area (Å²) in [6.45, 7) is 1.65. The van der Waals surface area contributed by atoms with Crippen molar-refractivity contribution in [2.24, 2.45) is 0 Å². The first-order valence-corrected chi connectivity index (χ1v) is 5.96. The van der Waals surface area contributed by atoms with E-state index in [4.69, 9.17) is 5.11 Å². The van der Waals surface area contributed by atoms with E-state index in [2.05, 4.69) is 10.6 Å². The zero-order valence-electron chi connectivity index (χ0n) is 10.8.